The molecule has 2 heterocycles. The van der Waals surface area contributed by atoms with Crippen molar-refractivity contribution >= 4 is 11.0 Å². The molecule has 0 bridgehead atoms. The first-order chi connectivity index (χ1) is 8.22. The highest BCUT2D eigenvalue weighted by atomic mass is 15.1. The van der Waals surface area contributed by atoms with E-state index in [2.05, 4.69) is 40.1 Å². The van der Waals surface area contributed by atoms with Crippen molar-refractivity contribution in [3.05, 3.63) is 29.6 Å². The van der Waals surface area contributed by atoms with E-state index in [0.29, 0.717) is 0 Å². The number of imidazole rings is 1. The summed E-state index contributed by atoms with van der Waals surface area (Å²) in [5, 5.41) is 0. The molecule has 0 aliphatic carbocycles. The predicted octanol–water partition coefficient (Wildman–Crippen LogP) is 2.68. The fourth-order valence-electron chi connectivity index (χ4n) is 2.75. The standard InChI is InChI=1S/C14H19N3/c1-10-15-13-4-3-12(9-14(13)16-10)11-5-7-17(2)8-6-11/h3-4,9,11H,5-8H2,1-2H3,(H,15,16). The second kappa shape index (κ2) is 4.15. The van der Waals surface area contributed by atoms with E-state index in [9.17, 15) is 0 Å². The lowest BCUT2D eigenvalue weighted by Gasteiger charge is -2.29. The minimum atomic E-state index is 0.721. The van der Waals surface area contributed by atoms with Crippen LogP contribution < -0.4 is 0 Å². The maximum atomic E-state index is 4.45. The number of H-pyrrole nitrogens is 1. The van der Waals surface area contributed by atoms with E-state index in [1.165, 1.54) is 37.0 Å². The van der Waals surface area contributed by atoms with Gasteiger partial charge < -0.3 is 9.88 Å². The quantitative estimate of drug-likeness (QED) is 0.815. The van der Waals surface area contributed by atoms with Gasteiger partial charge in [0.25, 0.3) is 0 Å². The minimum Gasteiger partial charge on any atom is -0.342 e. The van der Waals surface area contributed by atoms with Gasteiger partial charge in [-0.05, 0) is 63.5 Å². The maximum absolute atomic E-state index is 4.45. The highest BCUT2D eigenvalue weighted by Crippen LogP contribution is 2.29. The SMILES string of the molecule is Cc1nc2ccc(C3CCN(C)CC3)cc2[nH]1. The van der Waals surface area contributed by atoms with E-state index in [-0.39, 0.29) is 0 Å². The number of hydrogen-bond acceptors (Lipinski definition) is 2. The first kappa shape index (κ1) is 10.8. The molecule has 0 unspecified atom stereocenters. The van der Waals surface area contributed by atoms with Crippen molar-refractivity contribution in [1.29, 1.82) is 0 Å². The lowest BCUT2D eigenvalue weighted by Crippen LogP contribution is -2.29. The monoisotopic (exact) mass is 229 g/mol. The molecule has 1 aromatic carbocycles. The van der Waals surface area contributed by atoms with Gasteiger partial charge in [0, 0.05) is 0 Å². The summed E-state index contributed by atoms with van der Waals surface area (Å²) < 4.78 is 0. The summed E-state index contributed by atoms with van der Waals surface area (Å²) in [5.74, 6) is 1.72. The number of fused-ring (bicyclic) bond motifs is 1. The van der Waals surface area contributed by atoms with Crippen LogP contribution in [0.25, 0.3) is 11.0 Å². The largest absolute Gasteiger partial charge is 0.342 e. The zero-order chi connectivity index (χ0) is 11.8. The molecule has 3 nitrogen and oxygen atoms in total. The van der Waals surface area contributed by atoms with E-state index in [1.807, 2.05) is 6.92 Å². The molecule has 90 valence electrons. The number of benzene rings is 1. The molecule has 2 aromatic rings. The van der Waals surface area contributed by atoms with Crippen molar-refractivity contribution in [2.75, 3.05) is 20.1 Å². The number of nitrogens with zero attached hydrogens (tertiary/aromatic N) is 2. The van der Waals surface area contributed by atoms with Crippen LogP contribution in [0.1, 0.15) is 30.1 Å². The molecule has 1 fully saturated rings. The van der Waals surface area contributed by atoms with Gasteiger partial charge in [0.1, 0.15) is 5.82 Å². The van der Waals surface area contributed by atoms with E-state index in [0.717, 1.165) is 17.3 Å². The molecule has 0 spiro atoms. The molecule has 1 aromatic heterocycles. The van der Waals surface area contributed by atoms with Gasteiger partial charge in [0.05, 0.1) is 11.0 Å². The number of hydrogen-bond donors (Lipinski definition) is 1. The number of rotatable bonds is 1. The number of aromatic nitrogens is 2. The normalized spacial score (nSPS) is 18.9. The third kappa shape index (κ3) is 2.07. The van der Waals surface area contributed by atoms with Crippen LogP contribution in [0.15, 0.2) is 18.2 Å². The molecule has 3 heteroatoms. The summed E-state index contributed by atoms with van der Waals surface area (Å²) >= 11 is 0. The van der Waals surface area contributed by atoms with Gasteiger partial charge in [-0.25, -0.2) is 4.98 Å². The van der Waals surface area contributed by atoms with Crippen LogP contribution >= 0.6 is 0 Å². The molecule has 0 saturated carbocycles. The molecule has 1 aliphatic heterocycles. The first-order valence-electron chi connectivity index (χ1n) is 6.37. The highest BCUT2D eigenvalue weighted by molar-refractivity contribution is 5.76. The lowest BCUT2D eigenvalue weighted by molar-refractivity contribution is 0.255. The van der Waals surface area contributed by atoms with Crippen LogP contribution in [-0.2, 0) is 0 Å². The number of piperidine rings is 1. The summed E-state index contributed by atoms with van der Waals surface area (Å²) in [6.07, 6.45) is 2.55. The third-order valence-electron chi connectivity index (χ3n) is 3.81. The van der Waals surface area contributed by atoms with Gasteiger partial charge in [-0.1, -0.05) is 6.07 Å². The second-order valence-electron chi connectivity index (χ2n) is 5.18. The second-order valence-corrected chi connectivity index (χ2v) is 5.18. The van der Waals surface area contributed by atoms with E-state index in [4.69, 9.17) is 0 Å². The average molecular weight is 229 g/mol. The first-order valence-corrected chi connectivity index (χ1v) is 6.37. The Labute approximate surface area is 102 Å². The molecule has 0 radical (unpaired) electrons. The highest BCUT2D eigenvalue weighted by Gasteiger charge is 2.18. The van der Waals surface area contributed by atoms with Gasteiger partial charge in [0.2, 0.25) is 0 Å². The maximum Gasteiger partial charge on any atom is 0.104 e. The van der Waals surface area contributed by atoms with Gasteiger partial charge in [-0.2, -0.15) is 0 Å². The topological polar surface area (TPSA) is 31.9 Å². The predicted molar refractivity (Wildman–Crippen MR) is 70.3 cm³/mol. The zero-order valence-corrected chi connectivity index (χ0v) is 10.5. The molecule has 0 amide bonds. The van der Waals surface area contributed by atoms with Crippen LogP contribution in [0.3, 0.4) is 0 Å². The van der Waals surface area contributed by atoms with Crippen molar-refractivity contribution in [2.45, 2.75) is 25.7 Å². The Bertz CT molecular complexity index is 521. The Morgan fingerprint density at radius 2 is 2.06 bits per heavy atom. The molecule has 17 heavy (non-hydrogen) atoms. The van der Waals surface area contributed by atoms with E-state index >= 15 is 0 Å². The van der Waals surface area contributed by atoms with Crippen LogP contribution in [-0.4, -0.2) is 35.0 Å². The van der Waals surface area contributed by atoms with Crippen molar-refractivity contribution in [2.24, 2.45) is 0 Å². The number of likely N-dealkylation sites (tertiary alicyclic amines) is 1. The molecule has 1 saturated heterocycles. The fourth-order valence-corrected chi connectivity index (χ4v) is 2.75. The summed E-state index contributed by atoms with van der Waals surface area (Å²) in [5.41, 5.74) is 3.73. The smallest absolute Gasteiger partial charge is 0.104 e. The number of nitrogens with one attached hydrogen (secondary N) is 1. The average Bonchev–Trinajstić information content (AvgIpc) is 2.69. The van der Waals surface area contributed by atoms with E-state index in [1.54, 1.807) is 0 Å². The number of aromatic amines is 1. The minimum absolute atomic E-state index is 0.721. The number of aryl methyl sites for hydroxylation is 1. The van der Waals surface area contributed by atoms with Crippen molar-refractivity contribution in [1.82, 2.24) is 14.9 Å². The molecular formula is C14H19N3. The fraction of sp³-hybridized carbons (Fsp3) is 0.500. The summed E-state index contributed by atoms with van der Waals surface area (Å²) in [7, 11) is 2.21. The van der Waals surface area contributed by atoms with Crippen LogP contribution in [0, 0.1) is 6.92 Å². The molecule has 1 N–H and O–H groups in total. The molecular weight excluding hydrogens is 210 g/mol. The van der Waals surface area contributed by atoms with Gasteiger partial charge >= 0.3 is 0 Å². The Balaban J connectivity index is 1.89. The van der Waals surface area contributed by atoms with Crippen molar-refractivity contribution in [3.8, 4) is 0 Å². The van der Waals surface area contributed by atoms with Gasteiger partial charge in [-0.15, -0.1) is 0 Å². The summed E-state index contributed by atoms with van der Waals surface area (Å²) in [4.78, 5) is 10.2. The van der Waals surface area contributed by atoms with E-state index < -0.39 is 0 Å². The Morgan fingerprint density at radius 1 is 1.29 bits per heavy atom. The Morgan fingerprint density at radius 3 is 2.82 bits per heavy atom. The Hall–Kier alpha value is -1.35. The summed E-state index contributed by atoms with van der Waals surface area (Å²) in [6, 6.07) is 6.68. The van der Waals surface area contributed by atoms with Crippen molar-refractivity contribution in [3.63, 3.8) is 0 Å². The molecule has 1 aliphatic rings. The summed E-state index contributed by atoms with van der Waals surface area (Å²) in [6.45, 7) is 4.44. The van der Waals surface area contributed by atoms with Crippen LogP contribution in [0.5, 0.6) is 0 Å². The molecule has 3 rings (SSSR count). The van der Waals surface area contributed by atoms with Crippen molar-refractivity contribution < 1.29 is 0 Å². The Kier molecular flexibility index (Phi) is 2.63. The lowest BCUT2D eigenvalue weighted by atomic mass is 9.89. The van der Waals surface area contributed by atoms with Gasteiger partial charge in [-0.3, -0.25) is 0 Å². The van der Waals surface area contributed by atoms with Crippen LogP contribution in [0.4, 0.5) is 0 Å². The zero-order valence-electron chi connectivity index (χ0n) is 10.5. The third-order valence-corrected chi connectivity index (χ3v) is 3.81. The van der Waals surface area contributed by atoms with Gasteiger partial charge in [0.15, 0.2) is 0 Å². The molecule has 0 atom stereocenters. The van der Waals surface area contributed by atoms with Crippen LogP contribution in [0.2, 0.25) is 0 Å².